The van der Waals surface area contributed by atoms with Crippen LogP contribution in [0.15, 0.2) is 86.9 Å². The molecular weight excluding hydrogens is 458 g/mol. The lowest BCUT2D eigenvalue weighted by atomic mass is 10.2. The van der Waals surface area contributed by atoms with E-state index < -0.39 is 10.0 Å². The molecule has 2 aromatic carbocycles. The normalized spacial score (nSPS) is 15.8. The van der Waals surface area contributed by atoms with Crippen LogP contribution in [0.3, 0.4) is 0 Å². The Hall–Kier alpha value is -2.98. The molecule has 3 heterocycles. The molecule has 1 saturated heterocycles. The fourth-order valence-corrected chi connectivity index (χ4v) is 6.10. The van der Waals surface area contributed by atoms with Crippen molar-refractivity contribution in [2.45, 2.75) is 11.4 Å². The first-order valence-corrected chi connectivity index (χ1v) is 12.9. The zero-order chi connectivity index (χ0) is 22.8. The fourth-order valence-electron chi connectivity index (χ4n) is 3.77. The van der Waals surface area contributed by atoms with Crippen LogP contribution in [0.25, 0.3) is 22.4 Å². The summed E-state index contributed by atoms with van der Waals surface area (Å²) in [4.78, 5) is 5.79. The Balaban J connectivity index is 1.48. The highest BCUT2D eigenvalue weighted by Gasteiger charge is 2.26. The van der Waals surface area contributed by atoms with Crippen LogP contribution in [0.4, 0.5) is 5.69 Å². The molecule has 1 aliphatic heterocycles. The average Bonchev–Trinajstić information content (AvgIpc) is 3.44. The van der Waals surface area contributed by atoms with Gasteiger partial charge in [-0.2, -0.15) is 4.31 Å². The number of hydrogen-bond donors (Lipinski definition) is 0. The monoisotopic (exact) mass is 481 g/mol. The first-order valence-electron chi connectivity index (χ1n) is 10.6. The summed E-state index contributed by atoms with van der Waals surface area (Å²) in [7, 11) is -3.53. The molecule has 0 radical (unpaired) electrons. The zero-order valence-electron chi connectivity index (χ0n) is 17.9. The van der Waals surface area contributed by atoms with Crippen LogP contribution in [0.5, 0.6) is 0 Å². The number of ether oxygens (including phenoxy) is 1. The number of furan rings is 1. The number of benzene rings is 2. The highest BCUT2D eigenvalue weighted by molar-refractivity contribution is 7.89. The van der Waals surface area contributed by atoms with E-state index in [0.29, 0.717) is 38.5 Å². The van der Waals surface area contributed by atoms with Crippen LogP contribution >= 0.6 is 11.3 Å². The second-order valence-electron chi connectivity index (χ2n) is 7.57. The molecule has 9 heteroatoms. The Labute approximate surface area is 195 Å². The summed E-state index contributed by atoms with van der Waals surface area (Å²) < 4.78 is 40.5. The van der Waals surface area contributed by atoms with Crippen molar-refractivity contribution in [1.29, 1.82) is 0 Å². The molecule has 1 fully saturated rings. The largest absolute Gasteiger partial charge is 0.454 e. The van der Waals surface area contributed by atoms with Crippen molar-refractivity contribution in [2.75, 3.05) is 26.3 Å². The quantitative estimate of drug-likeness (QED) is 0.383. The maximum Gasteiger partial charge on any atom is 0.243 e. The minimum Gasteiger partial charge on any atom is -0.454 e. The van der Waals surface area contributed by atoms with E-state index in [1.165, 1.54) is 15.6 Å². The molecule has 1 aliphatic rings. The topological polar surface area (TPSA) is 77.0 Å². The van der Waals surface area contributed by atoms with E-state index in [1.54, 1.807) is 24.3 Å². The van der Waals surface area contributed by atoms with Crippen LogP contribution < -0.4 is 4.80 Å². The van der Waals surface area contributed by atoms with Gasteiger partial charge in [0.25, 0.3) is 0 Å². The van der Waals surface area contributed by atoms with Gasteiger partial charge in [0, 0.05) is 30.4 Å². The number of thiazole rings is 1. The second-order valence-corrected chi connectivity index (χ2v) is 10.3. The van der Waals surface area contributed by atoms with Crippen LogP contribution in [0.2, 0.25) is 0 Å². The molecule has 7 nitrogen and oxygen atoms in total. The summed E-state index contributed by atoms with van der Waals surface area (Å²) in [6.45, 7) is 6.02. The summed E-state index contributed by atoms with van der Waals surface area (Å²) in [5.41, 5.74) is 2.42. The van der Waals surface area contributed by atoms with E-state index in [4.69, 9.17) is 14.1 Å². The number of aromatic nitrogens is 1. The average molecular weight is 482 g/mol. The maximum atomic E-state index is 12.8. The van der Waals surface area contributed by atoms with Crippen LogP contribution in [0.1, 0.15) is 0 Å². The number of para-hydroxylation sites is 1. The molecule has 0 atom stereocenters. The summed E-state index contributed by atoms with van der Waals surface area (Å²) in [6, 6.07) is 16.6. The molecule has 0 spiro atoms. The number of hydrogen-bond acceptors (Lipinski definition) is 6. The Bertz CT molecular complexity index is 1420. The standard InChI is InChI=1S/C24H23N3O4S2/c1-2-11-27-21(23-16-18-5-3-4-6-22(18)31-23)17-32-24(27)25-19-7-9-20(10-8-19)33(28,29)26-12-14-30-15-13-26/h2-10,16-17H,1,11-15H2. The Morgan fingerprint density at radius 2 is 1.85 bits per heavy atom. The predicted molar refractivity (Wildman–Crippen MR) is 129 cm³/mol. The number of fused-ring (bicyclic) bond motifs is 1. The Morgan fingerprint density at radius 3 is 2.58 bits per heavy atom. The SMILES string of the molecule is C=CCn1c(-c2cc3ccccc3o2)csc1=Nc1ccc(S(=O)(=O)N2CCOCC2)cc1. The smallest absolute Gasteiger partial charge is 0.243 e. The molecule has 0 bridgehead atoms. The van der Waals surface area contributed by atoms with Gasteiger partial charge in [0.2, 0.25) is 10.0 Å². The lowest BCUT2D eigenvalue weighted by Gasteiger charge is -2.26. The van der Waals surface area contributed by atoms with Crippen molar-refractivity contribution in [2.24, 2.45) is 4.99 Å². The van der Waals surface area contributed by atoms with Crippen LogP contribution in [0, 0.1) is 0 Å². The molecule has 170 valence electrons. The van der Waals surface area contributed by atoms with Gasteiger partial charge in [-0.05, 0) is 36.4 Å². The molecule has 0 unspecified atom stereocenters. The van der Waals surface area contributed by atoms with Crippen molar-refractivity contribution < 1.29 is 17.6 Å². The van der Waals surface area contributed by atoms with Crippen molar-refractivity contribution >= 4 is 38.0 Å². The van der Waals surface area contributed by atoms with Gasteiger partial charge in [-0.3, -0.25) is 0 Å². The van der Waals surface area contributed by atoms with Gasteiger partial charge >= 0.3 is 0 Å². The minimum absolute atomic E-state index is 0.261. The summed E-state index contributed by atoms with van der Waals surface area (Å²) in [5, 5.41) is 3.05. The molecule has 33 heavy (non-hydrogen) atoms. The number of allylic oxidation sites excluding steroid dienone is 1. The van der Waals surface area contributed by atoms with Gasteiger partial charge in [-0.15, -0.1) is 17.9 Å². The third kappa shape index (κ3) is 4.32. The van der Waals surface area contributed by atoms with E-state index in [1.807, 2.05) is 46.4 Å². The third-order valence-electron chi connectivity index (χ3n) is 5.46. The zero-order valence-corrected chi connectivity index (χ0v) is 19.5. The highest BCUT2D eigenvalue weighted by Crippen LogP contribution is 2.28. The Kier molecular flexibility index (Phi) is 6.03. The van der Waals surface area contributed by atoms with Crippen molar-refractivity contribution in [1.82, 2.24) is 8.87 Å². The van der Waals surface area contributed by atoms with E-state index in [-0.39, 0.29) is 4.90 Å². The predicted octanol–water partition coefficient (Wildman–Crippen LogP) is 4.40. The van der Waals surface area contributed by atoms with Gasteiger partial charge in [-0.25, -0.2) is 13.4 Å². The fraction of sp³-hybridized carbons (Fsp3) is 0.208. The van der Waals surface area contributed by atoms with Crippen LogP contribution in [-0.4, -0.2) is 43.6 Å². The van der Waals surface area contributed by atoms with Gasteiger partial charge in [0.15, 0.2) is 10.6 Å². The first-order chi connectivity index (χ1) is 16.1. The third-order valence-corrected chi connectivity index (χ3v) is 8.23. The van der Waals surface area contributed by atoms with Crippen molar-refractivity contribution in [3.63, 3.8) is 0 Å². The molecule has 2 aromatic heterocycles. The minimum atomic E-state index is -3.53. The maximum absolute atomic E-state index is 12.8. The van der Waals surface area contributed by atoms with Crippen LogP contribution in [-0.2, 0) is 21.3 Å². The molecule has 0 saturated carbocycles. The highest BCUT2D eigenvalue weighted by atomic mass is 32.2. The van der Waals surface area contributed by atoms with E-state index in [0.717, 1.165) is 27.2 Å². The number of nitrogens with zero attached hydrogens (tertiary/aromatic N) is 3. The molecular formula is C24H23N3O4S2. The Morgan fingerprint density at radius 1 is 1.09 bits per heavy atom. The number of rotatable bonds is 6. The molecule has 4 aromatic rings. The lowest BCUT2D eigenvalue weighted by molar-refractivity contribution is 0.0730. The summed E-state index contributed by atoms with van der Waals surface area (Å²) in [6.07, 6.45) is 1.82. The van der Waals surface area contributed by atoms with E-state index in [9.17, 15) is 8.42 Å². The number of morpholine rings is 1. The van der Waals surface area contributed by atoms with Gasteiger partial charge in [0.1, 0.15) is 5.58 Å². The molecule has 5 rings (SSSR count). The molecule has 0 N–H and O–H groups in total. The van der Waals surface area contributed by atoms with Gasteiger partial charge in [-0.1, -0.05) is 24.3 Å². The number of sulfonamides is 1. The lowest BCUT2D eigenvalue weighted by Crippen LogP contribution is -2.40. The summed E-state index contributed by atoms with van der Waals surface area (Å²) in [5.74, 6) is 0.766. The van der Waals surface area contributed by atoms with Gasteiger partial charge < -0.3 is 13.7 Å². The summed E-state index contributed by atoms with van der Waals surface area (Å²) >= 11 is 1.50. The van der Waals surface area contributed by atoms with Crippen molar-refractivity contribution in [3.05, 3.63) is 77.4 Å². The first kappa shape index (κ1) is 21.8. The van der Waals surface area contributed by atoms with Crippen molar-refractivity contribution in [3.8, 4) is 11.5 Å². The molecule has 0 aliphatic carbocycles. The van der Waals surface area contributed by atoms with E-state index >= 15 is 0 Å². The van der Waals surface area contributed by atoms with E-state index in [2.05, 4.69) is 6.58 Å². The second kappa shape index (κ2) is 9.11. The van der Waals surface area contributed by atoms with Gasteiger partial charge in [0.05, 0.1) is 29.5 Å². The molecule has 0 amide bonds.